The molecule has 7 heteroatoms. The molecule has 6 rings (SSSR count). The van der Waals surface area contributed by atoms with Crippen molar-refractivity contribution in [2.45, 2.75) is 51.5 Å². The van der Waals surface area contributed by atoms with Crippen LogP contribution in [0.15, 0.2) is 78.1 Å². The number of carbonyl (C=O) groups excluding carboxylic acids is 1. The molecule has 6 nitrogen and oxygen atoms in total. The Morgan fingerprint density at radius 1 is 1.09 bits per heavy atom. The Kier molecular flexibility index (Phi) is 7.62. The maximum Gasteiger partial charge on any atom is 0.274 e. The Hall–Kier alpha value is -4.34. The number of nitrogens with zero attached hydrogens (tertiary/aromatic N) is 4. The molecule has 1 atom stereocenters. The highest BCUT2D eigenvalue weighted by atomic mass is 35.5. The first-order valence-corrected chi connectivity index (χ1v) is 15.3. The van der Waals surface area contributed by atoms with Crippen LogP contribution in [0.5, 0.6) is 0 Å². The molecule has 1 saturated heterocycles. The number of amides is 1. The SMILES string of the molecule is [C-]#[N+]c1c(N2CCN(C(=O)C=C)C[C@@H]2C)c2cc(Cl)c(-c3ccc(C4CC4)cc3)cc2n(-c2ccccc2C(C)C)c1=O. The average molecular weight is 591 g/mol. The third kappa shape index (κ3) is 5.13. The van der Waals surface area contributed by atoms with Gasteiger partial charge in [0.1, 0.15) is 0 Å². The van der Waals surface area contributed by atoms with Gasteiger partial charge in [-0.05, 0) is 72.6 Å². The van der Waals surface area contributed by atoms with Crippen LogP contribution in [0.25, 0.3) is 32.6 Å². The van der Waals surface area contributed by atoms with Crippen LogP contribution in [-0.2, 0) is 4.79 Å². The molecule has 1 aromatic heterocycles. The summed E-state index contributed by atoms with van der Waals surface area (Å²) >= 11 is 7.05. The van der Waals surface area contributed by atoms with Crippen LogP contribution >= 0.6 is 11.6 Å². The van der Waals surface area contributed by atoms with Crippen molar-refractivity contribution in [2.75, 3.05) is 24.5 Å². The van der Waals surface area contributed by atoms with Gasteiger partial charge in [0.25, 0.3) is 11.2 Å². The number of piperazine rings is 1. The zero-order chi connectivity index (χ0) is 30.4. The summed E-state index contributed by atoms with van der Waals surface area (Å²) in [5.41, 5.74) is 5.90. The van der Waals surface area contributed by atoms with Gasteiger partial charge in [0.2, 0.25) is 5.91 Å². The number of halogens is 1. The number of pyridine rings is 1. The highest BCUT2D eigenvalue weighted by molar-refractivity contribution is 6.34. The van der Waals surface area contributed by atoms with E-state index in [9.17, 15) is 9.59 Å². The van der Waals surface area contributed by atoms with E-state index in [1.165, 1.54) is 24.5 Å². The Labute approximate surface area is 257 Å². The van der Waals surface area contributed by atoms with E-state index in [1.807, 2.05) is 43.3 Å². The monoisotopic (exact) mass is 590 g/mol. The van der Waals surface area contributed by atoms with Crippen LogP contribution in [0.2, 0.25) is 5.02 Å². The number of fused-ring (bicyclic) bond motifs is 1. The summed E-state index contributed by atoms with van der Waals surface area (Å²) in [4.78, 5) is 34.5. The van der Waals surface area contributed by atoms with E-state index in [0.717, 1.165) is 27.8 Å². The lowest BCUT2D eigenvalue weighted by Crippen LogP contribution is -2.53. The summed E-state index contributed by atoms with van der Waals surface area (Å²) in [6, 6.07) is 20.2. The Morgan fingerprint density at radius 2 is 1.81 bits per heavy atom. The second kappa shape index (κ2) is 11.4. The van der Waals surface area contributed by atoms with E-state index >= 15 is 0 Å². The van der Waals surface area contributed by atoms with Gasteiger partial charge < -0.3 is 9.80 Å². The van der Waals surface area contributed by atoms with Crippen LogP contribution in [0.1, 0.15) is 56.6 Å². The fourth-order valence-electron chi connectivity index (χ4n) is 6.38. The maximum atomic E-state index is 14.4. The Bertz CT molecular complexity index is 1850. The smallest absolute Gasteiger partial charge is 0.274 e. The van der Waals surface area contributed by atoms with E-state index in [-0.39, 0.29) is 29.1 Å². The molecular formula is C36H35ClN4O2. The third-order valence-corrected chi connectivity index (χ3v) is 9.11. The maximum absolute atomic E-state index is 14.4. The van der Waals surface area contributed by atoms with E-state index < -0.39 is 0 Å². The van der Waals surface area contributed by atoms with Gasteiger partial charge in [-0.3, -0.25) is 14.2 Å². The predicted molar refractivity (Wildman–Crippen MR) is 176 cm³/mol. The number of aromatic nitrogens is 1. The van der Waals surface area contributed by atoms with Gasteiger partial charge in [0.05, 0.1) is 23.5 Å². The first-order chi connectivity index (χ1) is 20.7. The van der Waals surface area contributed by atoms with E-state index in [2.05, 4.69) is 54.4 Å². The molecule has 1 aliphatic heterocycles. The number of rotatable bonds is 6. The summed E-state index contributed by atoms with van der Waals surface area (Å²) in [6.45, 7) is 19.4. The molecule has 2 fully saturated rings. The molecule has 43 heavy (non-hydrogen) atoms. The summed E-state index contributed by atoms with van der Waals surface area (Å²) in [5.74, 6) is 0.687. The Balaban J connectivity index is 1.62. The minimum absolute atomic E-state index is 0.0546. The lowest BCUT2D eigenvalue weighted by molar-refractivity contribution is -0.126. The van der Waals surface area contributed by atoms with Crippen molar-refractivity contribution in [3.05, 3.63) is 111 Å². The second-order valence-corrected chi connectivity index (χ2v) is 12.3. The Morgan fingerprint density at radius 3 is 2.44 bits per heavy atom. The first-order valence-electron chi connectivity index (χ1n) is 14.9. The lowest BCUT2D eigenvalue weighted by atomic mass is 9.97. The van der Waals surface area contributed by atoms with Gasteiger partial charge in [0, 0.05) is 41.6 Å². The summed E-state index contributed by atoms with van der Waals surface area (Å²) in [5, 5.41) is 1.29. The van der Waals surface area contributed by atoms with Crippen LogP contribution < -0.4 is 10.5 Å². The number of carbonyl (C=O) groups is 1. The molecule has 0 spiro atoms. The molecular weight excluding hydrogens is 556 g/mol. The van der Waals surface area contributed by atoms with Gasteiger partial charge in [-0.2, -0.15) is 0 Å². The quantitative estimate of drug-likeness (QED) is 0.168. The fourth-order valence-corrected chi connectivity index (χ4v) is 6.66. The standard InChI is InChI=1S/C36H35ClN4O2/c1-6-33(42)39-17-18-40(23(4)21-39)35-29-19-30(37)28(26-15-13-25(14-16-26)24-11-12-24)20-32(29)41(36(43)34(35)38-5)31-10-8-7-9-27(31)22(2)3/h6-10,13-16,19-20,22-24H,1,11-12,17-18,21H2,2-4H3/t23-/m0/s1. The zero-order valence-corrected chi connectivity index (χ0v) is 25.6. The summed E-state index contributed by atoms with van der Waals surface area (Å²) in [6.07, 6.45) is 3.80. The van der Waals surface area contributed by atoms with Gasteiger partial charge in [-0.1, -0.05) is 74.5 Å². The van der Waals surface area contributed by atoms with Gasteiger partial charge in [-0.15, -0.1) is 0 Å². The van der Waals surface area contributed by atoms with Crippen molar-refractivity contribution >= 4 is 39.8 Å². The largest absolute Gasteiger partial charge is 0.373 e. The molecule has 1 amide bonds. The van der Waals surface area contributed by atoms with Gasteiger partial charge in [-0.25, -0.2) is 4.85 Å². The van der Waals surface area contributed by atoms with Crippen molar-refractivity contribution in [3.63, 3.8) is 0 Å². The van der Waals surface area contributed by atoms with Gasteiger partial charge >= 0.3 is 0 Å². The van der Waals surface area contributed by atoms with Crippen LogP contribution in [0, 0.1) is 6.57 Å². The molecule has 1 aliphatic carbocycles. The predicted octanol–water partition coefficient (Wildman–Crippen LogP) is 8.09. The van der Waals surface area contributed by atoms with E-state index in [1.54, 1.807) is 9.47 Å². The minimum atomic E-state index is -0.361. The minimum Gasteiger partial charge on any atom is -0.373 e. The van der Waals surface area contributed by atoms with Crippen molar-refractivity contribution in [1.82, 2.24) is 9.47 Å². The third-order valence-electron chi connectivity index (χ3n) is 8.79. The van der Waals surface area contributed by atoms with Gasteiger partial charge in [0.15, 0.2) is 0 Å². The van der Waals surface area contributed by atoms with Crippen molar-refractivity contribution < 1.29 is 4.79 Å². The van der Waals surface area contributed by atoms with Crippen LogP contribution in [-0.4, -0.2) is 41.1 Å². The number of para-hydroxylation sites is 1. The topological polar surface area (TPSA) is 49.9 Å². The normalized spacial score (nSPS) is 16.9. The highest BCUT2D eigenvalue weighted by Crippen LogP contribution is 2.43. The molecule has 218 valence electrons. The molecule has 2 heterocycles. The molecule has 0 N–H and O–H groups in total. The van der Waals surface area contributed by atoms with Crippen molar-refractivity contribution in [3.8, 4) is 16.8 Å². The second-order valence-electron chi connectivity index (χ2n) is 11.9. The fraction of sp³-hybridized carbons (Fsp3) is 0.306. The molecule has 3 aromatic carbocycles. The van der Waals surface area contributed by atoms with Crippen LogP contribution in [0.4, 0.5) is 11.4 Å². The van der Waals surface area contributed by atoms with Crippen molar-refractivity contribution in [1.29, 1.82) is 0 Å². The van der Waals surface area contributed by atoms with Crippen LogP contribution in [0.3, 0.4) is 0 Å². The number of hydrogen-bond acceptors (Lipinski definition) is 3. The van der Waals surface area contributed by atoms with E-state index in [0.29, 0.717) is 41.8 Å². The zero-order valence-electron chi connectivity index (χ0n) is 24.8. The number of hydrogen-bond donors (Lipinski definition) is 0. The molecule has 1 saturated carbocycles. The number of benzene rings is 3. The molecule has 0 bridgehead atoms. The molecule has 0 unspecified atom stereocenters. The molecule has 4 aromatic rings. The van der Waals surface area contributed by atoms with Crippen molar-refractivity contribution in [2.24, 2.45) is 0 Å². The number of anilines is 1. The molecule has 2 aliphatic rings. The molecule has 0 radical (unpaired) electrons. The summed E-state index contributed by atoms with van der Waals surface area (Å²) in [7, 11) is 0. The average Bonchev–Trinajstić information content (AvgIpc) is 3.86. The van der Waals surface area contributed by atoms with E-state index in [4.69, 9.17) is 18.2 Å². The summed E-state index contributed by atoms with van der Waals surface area (Å²) < 4.78 is 1.70. The lowest BCUT2D eigenvalue weighted by Gasteiger charge is -2.42. The highest BCUT2D eigenvalue weighted by Gasteiger charge is 2.31. The first kappa shape index (κ1) is 28.8.